The predicted octanol–water partition coefficient (Wildman–Crippen LogP) is 12.2. The zero-order chi connectivity index (χ0) is 93.8. The molecule has 28 heteroatoms. The van der Waals surface area contributed by atoms with Gasteiger partial charge >= 0.3 is 6.09 Å². The number of hydrogen-bond donors (Lipinski definition) is 0. The van der Waals surface area contributed by atoms with E-state index in [0.29, 0.717) is 96.0 Å². The van der Waals surface area contributed by atoms with Gasteiger partial charge in [-0.3, -0.25) is 33.9 Å². The zero-order valence-corrected chi connectivity index (χ0v) is 86.8. The molecule has 5 amide bonds. The molecule has 25 nitrogen and oxygen atoms in total. The van der Waals surface area contributed by atoms with E-state index in [9.17, 15) is 32.8 Å². The van der Waals surface area contributed by atoms with Gasteiger partial charge in [0.05, 0.1) is 26.4 Å². The molecule has 0 spiro atoms. The van der Waals surface area contributed by atoms with E-state index in [4.69, 9.17) is 9.47 Å². The number of morpholine rings is 1. The number of cyclic esters (lactones) is 1. The van der Waals surface area contributed by atoms with Crippen molar-refractivity contribution in [2.75, 3.05) is 304 Å². The number of carbonyl (C=O) groups excluding carboxylic acids is 5. The molecule has 0 radical (unpaired) electrons. The number of piperidine rings is 15. The summed E-state index contributed by atoms with van der Waals surface area (Å²) in [5.41, 5.74) is 0.317. The van der Waals surface area contributed by atoms with Crippen LogP contribution in [-0.2, 0) is 28.7 Å². The van der Waals surface area contributed by atoms with Gasteiger partial charge in [0.2, 0.25) is 23.6 Å². The minimum atomic E-state index is -2.44. The van der Waals surface area contributed by atoms with Gasteiger partial charge in [-0.25, -0.2) is 13.6 Å². The minimum Gasteiger partial charge on any atom is -0.449 e. The molecule has 18 aliphatic rings. The van der Waals surface area contributed by atoms with Crippen molar-refractivity contribution in [3.63, 3.8) is 0 Å². The van der Waals surface area contributed by atoms with Crippen molar-refractivity contribution in [3.8, 4) is 0 Å². The summed E-state index contributed by atoms with van der Waals surface area (Å²) in [6, 6.07) is 4.87. The van der Waals surface area contributed by atoms with Crippen molar-refractivity contribution in [2.45, 2.75) is 301 Å². The van der Waals surface area contributed by atoms with Gasteiger partial charge in [0.15, 0.2) is 0 Å². The summed E-state index contributed by atoms with van der Waals surface area (Å²) in [4.78, 5) is 102. The van der Waals surface area contributed by atoms with Crippen LogP contribution in [0.4, 0.5) is 13.6 Å². The molecule has 0 bridgehead atoms. The molecule has 131 heavy (non-hydrogen) atoms. The van der Waals surface area contributed by atoms with Gasteiger partial charge in [-0.2, -0.15) is 11.8 Å². The highest BCUT2D eigenvalue weighted by molar-refractivity contribution is 7.99. The predicted molar refractivity (Wildman–Crippen MR) is 534 cm³/mol. The molecule has 18 heterocycles. The number of amides is 5. The van der Waals surface area contributed by atoms with Gasteiger partial charge in [0, 0.05) is 156 Å². The molecule has 2 atom stereocenters. The second-order valence-corrected chi connectivity index (χ2v) is 45.5. The quantitative estimate of drug-likeness (QED) is 0.192. The monoisotopic (exact) mass is 1870 g/mol. The Hall–Kier alpha value is -3.20. The van der Waals surface area contributed by atoms with Crippen LogP contribution in [0, 0.1) is 29.1 Å². The van der Waals surface area contributed by atoms with Gasteiger partial charge in [-0.1, -0.05) is 20.3 Å². The number of likely N-dealkylation sites (tertiary alicyclic amines) is 15. The Kier molecular flexibility index (Phi) is 48.2. The van der Waals surface area contributed by atoms with Crippen molar-refractivity contribution < 1.29 is 42.2 Å². The van der Waals surface area contributed by atoms with Gasteiger partial charge in [0.1, 0.15) is 0 Å². The average molecular weight is 1870 g/mol. The Morgan fingerprint density at radius 2 is 0.702 bits per heavy atom. The lowest BCUT2D eigenvalue weighted by Crippen LogP contribution is -2.52. The van der Waals surface area contributed by atoms with Crippen molar-refractivity contribution >= 4 is 41.5 Å². The minimum absolute atomic E-state index is 0.0125. The molecule has 0 N–H and O–H groups in total. The lowest BCUT2D eigenvalue weighted by molar-refractivity contribution is -0.143. The van der Waals surface area contributed by atoms with Gasteiger partial charge in [0.25, 0.3) is 5.92 Å². The highest BCUT2D eigenvalue weighted by Crippen LogP contribution is 2.37. The molecule has 18 rings (SSSR count). The molecule has 18 saturated heterocycles. The van der Waals surface area contributed by atoms with E-state index in [-0.39, 0.29) is 19.1 Å². The Bertz CT molecular complexity index is 3030. The van der Waals surface area contributed by atoms with E-state index >= 15 is 0 Å². The Labute approximate surface area is 801 Å². The fraction of sp³-hybridized carbons (Fsp3) is 0.951. The van der Waals surface area contributed by atoms with Crippen LogP contribution in [0.5, 0.6) is 0 Å². The molecule has 0 aliphatic carbocycles. The second kappa shape index (κ2) is 57.5. The lowest BCUT2D eigenvalue weighted by Gasteiger charge is -2.44. The number of rotatable bonds is 11. The topological polar surface area (TPSA) is 162 Å². The third-order valence-electron chi connectivity index (χ3n) is 33.2. The summed E-state index contributed by atoms with van der Waals surface area (Å²) in [7, 11) is 19.6. The van der Waals surface area contributed by atoms with E-state index in [0.717, 1.165) is 239 Å². The van der Waals surface area contributed by atoms with Crippen molar-refractivity contribution in [2.24, 2.45) is 29.1 Å². The Balaban J connectivity index is 0.000000153. The molecule has 0 aromatic heterocycles. The van der Waals surface area contributed by atoms with Gasteiger partial charge in [-0.05, 0) is 425 Å². The van der Waals surface area contributed by atoms with Crippen LogP contribution in [-0.4, -0.2) is 476 Å². The summed E-state index contributed by atoms with van der Waals surface area (Å²) in [5.74, 6) is 3.85. The fourth-order valence-corrected chi connectivity index (χ4v) is 24.9. The molecular formula is C103H194F2N18O7S. The summed E-state index contributed by atoms with van der Waals surface area (Å²) in [6.45, 7) is 48.9. The summed E-state index contributed by atoms with van der Waals surface area (Å²) >= 11 is 2.11. The number of hydrogen-bond acceptors (Lipinski definition) is 21. The van der Waals surface area contributed by atoms with E-state index in [2.05, 4.69) is 183 Å². The first-order valence-corrected chi connectivity index (χ1v) is 54.9. The average Bonchev–Trinajstić information content (AvgIpc) is 0.833. The first-order chi connectivity index (χ1) is 63.0. The lowest BCUT2D eigenvalue weighted by atomic mass is 9.79. The smallest absolute Gasteiger partial charge is 0.410 e. The largest absolute Gasteiger partial charge is 0.449 e. The normalized spacial score (nSPS) is 28.8. The third kappa shape index (κ3) is 37.4. The van der Waals surface area contributed by atoms with Crippen molar-refractivity contribution in [1.29, 1.82) is 0 Å². The molecule has 2 unspecified atom stereocenters. The number of thioether (sulfide) groups is 1. The standard InChI is InChI=1S/C14H26N2O.2C13H24N2O.C11H20F2N2.C11H20N2O.C11H22N2.C10H18N2O2.C10H20N2O.C10H20N2S/c1-11(2)16-8-4-5-13(14(16)17)12-6-9-15(3)10-7-12;1-13(2)7-4-12(16)15(10-13)11-5-8-14(3)9-6-11;1-3-15-8-4-5-12(13(15)16)11-6-9-14(2)10-7-11;1-14-7-3-10(4-8-14)15-6-2-5-11(12,13)9-15;1-12-8-5-10(6-9-12)13-7-3-2-4-11(13)14;1-12-9-5-11(6-10-12)13-7-3-2-4-8-13;1-11-6-3-9(4-7-11)12-5-2-8-14-10(12)13;2*1-11-4-2-10(3-5-11)12-6-8-13-9-7-12/h11-13H,4-10H2,1-3H3;11H,4-10H2,1-3H3;11-12H,3-10H2,1-2H3;10H,2-9H2,1H3;10H,2-9H2,1H3;11H,2-10H2,1H3;9H,2-8H2,1H3;2*10H,2-9H2,1H3. The highest BCUT2D eigenvalue weighted by atomic mass is 32.2. The summed E-state index contributed by atoms with van der Waals surface area (Å²) < 4.78 is 36.9. The summed E-state index contributed by atoms with van der Waals surface area (Å²) in [6.07, 6.45) is 37.5. The van der Waals surface area contributed by atoms with Gasteiger partial charge < -0.3 is 83.0 Å². The maximum Gasteiger partial charge on any atom is 0.410 e. The van der Waals surface area contributed by atoms with Crippen LogP contribution in [0.15, 0.2) is 0 Å². The molecule has 758 valence electrons. The first-order valence-electron chi connectivity index (χ1n) is 53.8. The number of halogens is 2. The van der Waals surface area contributed by atoms with E-state index in [1.807, 2.05) is 14.7 Å². The SMILES string of the molecule is CC(C)N1CCCC(C2CCN(C)CC2)C1=O.CCN1CCCC(C2CCN(C)CC2)C1=O.CN1CCC(N2CC(C)(C)CCC2=O)CC1.CN1CCC(N2CCCC(F)(F)C2)CC1.CN1CCC(N2CCCCC2)CC1.CN1CCC(N2CCCCC2=O)CC1.CN1CCC(N2CCCOC2=O)CC1.CN1CCC(N2CCOCC2)CC1.CN1CCC(N2CCSCC2)CC1. The molecule has 0 aromatic carbocycles. The van der Waals surface area contributed by atoms with Crippen LogP contribution >= 0.6 is 11.8 Å². The van der Waals surface area contributed by atoms with Crippen LogP contribution < -0.4 is 0 Å². The van der Waals surface area contributed by atoms with E-state index in [1.54, 1.807) is 0 Å². The van der Waals surface area contributed by atoms with Crippen LogP contribution in [0.1, 0.15) is 247 Å². The molecule has 0 saturated carbocycles. The third-order valence-corrected chi connectivity index (χ3v) is 34.1. The maximum absolute atomic E-state index is 13.2. The van der Waals surface area contributed by atoms with E-state index in [1.165, 1.54) is 206 Å². The molecule has 18 aliphatic heterocycles. The number of ether oxygens (including phenoxy) is 2. The molecule has 0 aromatic rings. The second-order valence-electron chi connectivity index (χ2n) is 44.3. The van der Waals surface area contributed by atoms with Crippen LogP contribution in [0.25, 0.3) is 0 Å². The van der Waals surface area contributed by atoms with Crippen LogP contribution in [0.2, 0.25) is 0 Å². The van der Waals surface area contributed by atoms with Crippen molar-refractivity contribution in [1.82, 2.24) is 88.2 Å². The number of nitrogens with zero attached hydrogens (tertiary/aromatic N) is 18. The van der Waals surface area contributed by atoms with Crippen LogP contribution in [0.3, 0.4) is 0 Å². The Morgan fingerprint density at radius 1 is 0.336 bits per heavy atom. The molecule has 18 fully saturated rings. The highest BCUT2D eigenvalue weighted by Gasteiger charge is 2.43. The zero-order valence-electron chi connectivity index (χ0n) is 86.0. The molecular weight excluding hydrogens is 1670 g/mol. The number of alkyl halides is 2. The number of carbonyl (C=O) groups is 5. The maximum atomic E-state index is 13.2. The van der Waals surface area contributed by atoms with E-state index < -0.39 is 5.92 Å². The Morgan fingerprint density at radius 3 is 1.13 bits per heavy atom. The first kappa shape index (κ1) is 110. The summed E-state index contributed by atoms with van der Waals surface area (Å²) in [5, 5.41) is 0. The fourth-order valence-electron chi connectivity index (χ4n) is 24.0. The van der Waals surface area contributed by atoms with Gasteiger partial charge in [-0.15, -0.1) is 0 Å². The van der Waals surface area contributed by atoms with Crippen molar-refractivity contribution in [3.05, 3.63) is 0 Å².